The maximum absolute atomic E-state index is 13.6. The molecule has 0 aromatic heterocycles. The highest BCUT2D eigenvalue weighted by atomic mass is 16.6. The van der Waals surface area contributed by atoms with Crippen molar-refractivity contribution in [3.05, 3.63) is 144 Å². The monoisotopic (exact) mass is 692 g/mol. The molecule has 1 saturated heterocycles. The minimum atomic E-state index is -0.911. The summed E-state index contributed by atoms with van der Waals surface area (Å²) in [4.78, 5) is 29.5. The summed E-state index contributed by atoms with van der Waals surface area (Å²) in [5, 5.41) is 3.37. The minimum Gasteiger partial charge on any atom is -0.482 e. The third kappa shape index (κ3) is 5.24. The van der Waals surface area contributed by atoms with Crippen LogP contribution in [-0.4, -0.2) is 60.8 Å². The molecule has 3 aromatic rings. The van der Waals surface area contributed by atoms with Crippen molar-refractivity contribution >= 4 is 24.0 Å². The van der Waals surface area contributed by atoms with Crippen LogP contribution >= 0.6 is 0 Å². The van der Waals surface area contributed by atoms with Crippen LogP contribution in [-0.2, 0) is 26.2 Å². The number of benzene rings is 3. The third-order valence-electron chi connectivity index (χ3n) is 12.5. The third-order valence-corrected chi connectivity index (χ3v) is 12.5. The summed E-state index contributed by atoms with van der Waals surface area (Å²) in [7, 11) is 1.72. The number of hydrogen-bond donors (Lipinski definition) is 1. The van der Waals surface area contributed by atoms with Crippen molar-refractivity contribution in [2.45, 2.75) is 61.3 Å². The first-order valence-electron chi connectivity index (χ1n) is 18.6. The van der Waals surface area contributed by atoms with E-state index in [1.165, 1.54) is 30.0 Å². The van der Waals surface area contributed by atoms with Gasteiger partial charge in [0.15, 0.2) is 11.5 Å². The fraction of sp³-hybridized carbons (Fsp3) is 0.333. The van der Waals surface area contributed by atoms with E-state index in [9.17, 15) is 9.59 Å². The Balaban J connectivity index is 1.04. The largest absolute Gasteiger partial charge is 0.482 e. The molecule has 10 rings (SSSR count). The first-order chi connectivity index (χ1) is 25.5. The number of hydrogen-bond acceptors (Lipinski definition) is 6. The van der Waals surface area contributed by atoms with Gasteiger partial charge < -0.3 is 19.5 Å². The van der Waals surface area contributed by atoms with Crippen LogP contribution in [0, 0.1) is 11.3 Å². The zero-order valence-corrected chi connectivity index (χ0v) is 29.4. The fourth-order valence-corrected chi connectivity index (χ4v) is 10.1. The van der Waals surface area contributed by atoms with E-state index in [1.54, 1.807) is 25.3 Å². The molecule has 1 N–H and O–H groups in total. The number of likely N-dealkylation sites (tertiary alicyclic amines) is 1. The maximum Gasteiger partial charge on any atom is 0.336 e. The summed E-state index contributed by atoms with van der Waals surface area (Å²) in [6, 6.07) is 24.0. The van der Waals surface area contributed by atoms with Gasteiger partial charge in [-0.25, -0.2) is 4.79 Å². The topological polar surface area (TPSA) is 77.1 Å². The lowest BCUT2D eigenvalue weighted by Crippen LogP contribution is -2.82. The van der Waals surface area contributed by atoms with Gasteiger partial charge in [0.25, 0.3) is 0 Å². The molecular formula is C45H44N2O5. The van der Waals surface area contributed by atoms with E-state index >= 15 is 0 Å². The van der Waals surface area contributed by atoms with Crippen LogP contribution in [0.5, 0.6) is 11.5 Å². The lowest BCUT2D eigenvalue weighted by Gasteiger charge is -2.71. The van der Waals surface area contributed by atoms with E-state index in [1.807, 2.05) is 91.0 Å². The number of methoxy groups -OCH3 is 1. The van der Waals surface area contributed by atoms with Crippen molar-refractivity contribution in [1.82, 2.24) is 10.2 Å². The van der Waals surface area contributed by atoms with Crippen LogP contribution in [0.1, 0.15) is 47.9 Å². The van der Waals surface area contributed by atoms with E-state index in [2.05, 4.69) is 28.4 Å². The molecule has 2 aliphatic heterocycles. The van der Waals surface area contributed by atoms with Gasteiger partial charge in [-0.2, -0.15) is 0 Å². The average Bonchev–Trinajstić information content (AvgIpc) is 3.91. The molecular weight excluding hydrogens is 649 g/mol. The number of fused-ring (bicyclic) bond motifs is 1. The Kier molecular flexibility index (Phi) is 8.16. The summed E-state index contributed by atoms with van der Waals surface area (Å²) in [6.45, 7) is 2.08. The van der Waals surface area contributed by atoms with Gasteiger partial charge in [-0.05, 0) is 67.3 Å². The predicted molar refractivity (Wildman–Crippen MR) is 202 cm³/mol. The second-order valence-corrected chi connectivity index (χ2v) is 15.2. The number of piperidine rings is 1. The van der Waals surface area contributed by atoms with Gasteiger partial charge in [-0.3, -0.25) is 9.69 Å². The summed E-state index contributed by atoms with van der Waals surface area (Å²) >= 11 is 0. The van der Waals surface area contributed by atoms with Crippen LogP contribution in [0.15, 0.2) is 121 Å². The second kappa shape index (κ2) is 12.9. The molecule has 6 atom stereocenters. The van der Waals surface area contributed by atoms with Crippen molar-refractivity contribution in [3.63, 3.8) is 0 Å². The normalized spacial score (nSPS) is 31.1. The molecule has 7 nitrogen and oxygen atoms in total. The highest BCUT2D eigenvalue weighted by Gasteiger charge is 2.79. The van der Waals surface area contributed by atoms with Gasteiger partial charge in [0.2, 0.25) is 5.91 Å². The molecule has 1 amide bonds. The summed E-state index contributed by atoms with van der Waals surface area (Å²) < 4.78 is 19.7. The number of carbonyl (C=O) groups is 2. The Bertz CT molecular complexity index is 2030. The quantitative estimate of drug-likeness (QED) is 0.0767. The zero-order valence-electron chi connectivity index (χ0n) is 29.4. The predicted octanol–water partition coefficient (Wildman–Crippen LogP) is 7.00. The summed E-state index contributed by atoms with van der Waals surface area (Å²) in [6.07, 6.45) is 23.5. The van der Waals surface area contributed by atoms with Crippen LogP contribution in [0.25, 0.3) is 12.2 Å². The van der Waals surface area contributed by atoms with Crippen LogP contribution in [0.3, 0.4) is 0 Å². The molecule has 0 radical (unpaired) electrons. The van der Waals surface area contributed by atoms with Gasteiger partial charge in [0, 0.05) is 42.8 Å². The molecule has 264 valence electrons. The molecule has 7 heteroatoms. The highest BCUT2D eigenvalue weighted by Crippen LogP contribution is 2.73. The number of nitrogens with zero attached hydrogens (tertiary/aromatic N) is 1. The van der Waals surface area contributed by atoms with Crippen molar-refractivity contribution in [1.29, 1.82) is 0 Å². The molecule has 3 unspecified atom stereocenters. The minimum absolute atomic E-state index is 0.166. The molecule has 3 fully saturated rings. The summed E-state index contributed by atoms with van der Waals surface area (Å²) in [5.74, 6) is 1.20. The molecule has 4 bridgehead atoms. The van der Waals surface area contributed by atoms with E-state index in [0.717, 1.165) is 49.4 Å². The molecule has 3 aromatic carbocycles. The number of ether oxygens (including phenoxy) is 3. The van der Waals surface area contributed by atoms with Gasteiger partial charge >= 0.3 is 5.97 Å². The Morgan fingerprint density at radius 3 is 2.31 bits per heavy atom. The number of nitrogens with one attached hydrogen (secondary N) is 1. The zero-order chi connectivity index (χ0) is 35.3. The van der Waals surface area contributed by atoms with E-state index in [0.29, 0.717) is 11.5 Å². The Morgan fingerprint density at radius 2 is 1.62 bits per heavy atom. The number of esters is 1. The van der Waals surface area contributed by atoms with E-state index in [4.69, 9.17) is 14.2 Å². The Morgan fingerprint density at radius 1 is 0.904 bits per heavy atom. The number of carbonyl (C=O) groups excluding carboxylic acids is 2. The molecule has 5 aliphatic carbocycles. The van der Waals surface area contributed by atoms with Crippen molar-refractivity contribution < 1.29 is 23.8 Å². The highest BCUT2D eigenvalue weighted by molar-refractivity contribution is 5.88. The smallest absolute Gasteiger partial charge is 0.336 e. The van der Waals surface area contributed by atoms with Crippen molar-refractivity contribution in [3.8, 4) is 11.5 Å². The fourth-order valence-electron chi connectivity index (χ4n) is 10.1. The van der Waals surface area contributed by atoms with Gasteiger partial charge in [0.1, 0.15) is 11.7 Å². The van der Waals surface area contributed by atoms with Crippen molar-refractivity contribution in [2.75, 3.05) is 20.2 Å². The Labute approximate surface area is 305 Å². The van der Waals surface area contributed by atoms with Crippen LogP contribution in [0.4, 0.5) is 0 Å². The molecule has 2 saturated carbocycles. The van der Waals surface area contributed by atoms with E-state index < -0.39 is 17.7 Å². The lowest BCUT2D eigenvalue weighted by molar-refractivity contribution is -0.203. The molecule has 7 aliphatic rings. The number of allylic oxidation sites excluding steroid dienone is 4. The Hall–Kier alpha value is -4.98. The van der Waals surface area contributed by atoms with Crippen LogP contribution < -0.4 is 14.8 Å². The van der Waals surface area contributed by atoms with Crippen molar-refractivity contribution in [2.24, 2.45) is 11.3 Å². The second-order valence-electron chi connectivity index (χ2n) is 15.2. The van der Waals surface area contributed by atoms with E-state index in [-0.39, 0.29) is 28.8 Å². The maximum atomic E-state index is 13.6. The lowest BCUT2D eigenvalue weighted by atomic mass is 9.38. The summed E-state index contributed by atoms with van der Waals surface area (Å²) in [5.41, 5.74) is 2.97. The van der Waals surface area contributed by atoms with Gasteiger partial charge in [-0.1, -0.05) is 115 Å². The van der Waals surface area contributed by atoms with Gasteiger partial charge in [0.05, 0.1) is 11.5 Å². The molecule has 2 spiro atoms. The first-order valence-corrected chi connectivity index (χ1v) is 18.6. The number of rotatable bonds is 11. The average molecular weight is 693 g/mol. The number of amides is 1. The SMILES string of the molecule is COC12C=C[C@@]3(CC1NC(=O)/C=C/C=C/c1ccccc1)[C@@H]1Cc4ccc(OC(=O)/C=C/C=C/c5ccccc5)c5c4[C@@]3(CCN1CC1CC1)C2O5. The standard InChI is InChI=1S/C45H44N2O5/c1-50-45-25-24-43(29-36(45)46-38(48)18-10-8-16-31-12-4-2-5-13-31)37-28-34-22-23-35(51-39(49)19-11-9-17-32-14-6-3-7-15-32)41-40(34)44(43,42(45)52-41)26-27-47(37)30-33-20-21-33/h2-19,22-25,33,36-37,42H,20-21,26-30H2,1H3,(H,46,48)/b16-8+,17-9+,18-10+,19-11+/t36?,37-,42?,43+,44-,45?/m0/s1. The molecule has 52 heavy (non-hydrogen) atoms. The first kappa shape index (κ1) is 32.9. The van der Waals surface area contributed by atoms with Gasteiger partial charge in [-0.15, -0.1) is 0 Å². The molecule has 2 heterocycles. The van der Waals surface area contributed by atoms with Crippen LogP contribution in [0.2, 0.25) is 0 Å².